The summed E-state index contributed by atoms with van der Waals surface area (Å²) in [5.41, 5.74) is 0. The van der Waals surface area contributed by atoms with Gasteiger partial charge < -0.3 is 29.9 Å². The monoisotopic (exact) mass is 480 g/mol. The number of carbonyl (C=O) groups excluding carboxylic acids is 2. The Labute approximate surface area is 199 Å². The summed E-state index contributed by atoms with van der Waals surface area (Å²) >= 11 is 0. The van der Waals surface area contributed by atoms with Crippen LogP contribution >= 0.6 is 0 Å². The van der Waals surface area contributed by atoms with Crippen LogP contribution in [0.1, 0.15) is 105 Å². The van der Waals surface area contributed by atoms with Crippen molar-refractivity contribution in [3.63, 3.8) is 0 Å². The molecule has 4 N–H and O–H groups in total. The van der Waals surface area contributed by atoms with Gasteiger partial charge in [-0.3, -0.25) is 0 Å². The standard InChI is InChI=1S/C11H22O3.C10H20O3.C3H6O3/c1-3-4-5-6-7-8-9-14-11(13)10(2)12;1-3-4-5-6-7-8-13-10(12)9(2)11;1-2(4)3(5)6/h10,12H,3-9H2,1-2H3;9,11H,3-8H2,1-2H3;2,4H,1H3,(H,5,6). The van der Waals surface area contributed by atoms with E-state index in [9.17, 15) is 14.4 Å². The van der Waals surface area contributed by atoms with Gasteiger partial charge in [0.15, 0.2) is 0 Å². The van der Waals surface area contributed by atoms with Crippen LogP contribution in [0.25, 0.3) is 0 Å². The van der Waals surface area contributed by atoms with Crippen molar-refractivity contribution >= 4 is 17.9 Å². The van der Waals surface area contributed by atoms with E-state index in [2.05, 4.69) is 13.8 Å². The first kappa shape index (κ1) is 35.9. The highest BCUT2D eigenvalue weighted by atomic mass is 16.5. The SMILES string of the molecule is CC(O)C(=O)O.CCCCCCCCOC(=O)C(C)O.CCCCCCCOC(=O)C(C)O. The van der Waals surface area contributed by atoms with Crippen LogP contribution in [0.5, 0.6) is 0 Å². The maximum Gasteiger partial charge on any atom is 0.334 e. The van der Waals surface area contributed by atoms with Gasteiger partial charge in [-0.15, -0.1) is 0 Å². The zero-order valence-corrected chi connectivity index (χ0v) is 21.3. The topological polar surface area (TPSA) is 151 Å². The molecule has 0 amide bonds. The molecule has 0 radical (unpaired) electrons. The number of hydrogen-bond donors (Lipinski definition) is 4. The highest BCUT2D eigenvalue weighted by molar-refractivity contribution is 5.74. The second-order valence-electron chi connectivity index (χ2n) is 7.88. The van der Waals surface area contributed by atoms with E-state index in [1.54, 1.807) is 0 Å². The first-order valence-corrected chi connectivity index (χ1v) is 12.1. The molecule has 0 spiro atoms. The van der Waals surface area contributed by atoms with Gasteiger partial charge in [0.1, 0.15) is 18.3 Å². The van der Waals surface area contributed by atoms with Gasteiger partial charge in [0, 0.05) is 0 Å². The van der Waals surface area contributed by atoms with E-state index in [4.69, 9.17) is 29.9 Å². The predicted molar refractivity (Wildman–Crippen MR) is 127 cm³/mol. The Balaban J connectivity index is -0.000000441. The van der Waals surface area contributed by atoms with E-state index < -0.39 is 36.2 Å². The second kappa shape index (κ2) is 26.5. The molecule has 9 heteroatoms. The van der Waals surface area contributed by atoms with Crippen LogP contribution in [-0.2, 0) is 23.9 Å². The molecule has 3 unspecified atom stereocenters. The molecule has 198 valence electrons. The quantitative estimate of drug-likeness (QED) is 0.192. The summed E-state index contributed by atoms with van der Waals surface area (Å²) in [6.07, 6.45) is 9.45. The van der Waals surface area contributed by atoms with E-state index >= 15 is 0 Å². The van der Waals surface area contributed by atoms with Crippen molar-refractivity contribution in [2.24, 2.45) is 0 Å². The molecule has 0 fully saturated rings. The number of carbonyl (C=O) groups is 3. The van der Waals surface area contributed by atoms with Crippen molar-refractivity contribution in [1.29, 1.82) is 0 Å². The van der Waals surface area contributed by atoms with Crippen LogP contribution < -0.4 is 0 Å². The smallest absolute Gasteiger partial charge is 0.334 e. The molecule has 0 aromatic carbocycles. The van der Waals surface area contributed by atoms with Crippen LogP contribution in [0.4, 0.5) is 0 Å². The zero-order chi connectivity index (χ0) is 26.1. The van der Waals surface area contributed by atoms with Crippen LogP contribution in [0, 0.1) is 0 Å². The first-order chi connectivity index (χ1) is 15.5. The fourth-order valence-electron chi connectivity index (χ4n) is 2.17. The summed E-state index contributed by atoms with van der Waals surface area (Å²) < 4.78 is 9.62. The van der Waals surface area contributed by atoms with Gasteiger partial charge in [-0.05, 0) is 33.6 Å². The number of carboxylic acids is 1. The number of rotatable bonds is 16. The maximum atomic E-state index is 10.8. The third-order valence-corrected chi connectivity index (χ3v) is 4.27. The summed E-state index contributed by atoms with van der Waals surface area (Å²) in [4.78, 5) is 31.0. The molecule has 0 saturated carbocycles. The lowest BCUT2D eigenvalue weighted by Gasteiger charge is -2.05. The van der Waals surface area contributed by atoms with E-state index in [1.165, 1.54) is 65.7 Å². The van der Waals surface area contributed by atoms with Crippen molar-refractivity contribution < 1.29 is 44.3 Å². The number of hydrogen-bond acceptors (Lipinski definition) is 8. The van der Waals surface area contributed by atoms with E-state index in [-0.39, 0.29) is 0 Å². The van der Waals surface area contributed by atoms with Gasteiger partial charge in [-0.25, -0.2) is 14.4 Å². The molecule has 0 saturated heterocycles. The molecule has 0 aliphatic rings. The summed E-state index contributed by atoms with van der Waals surface area (Å²) in [6, 6.07) is 0. The van der Waals surface area contributed by atoms with Crippen LogP contribution in [0.2, 0.25) is 0 Å². The average Bonchev–Trinajstić information content (AvgIpc) is 2.75. The maximum absolute atomic E-state index is 10.8. The van der Waals surface area contributed by atoms with Gasteiger partial charge in [-0.2, -0.15) is 0 Å². The fraction of sp³-hybridized carbons (Fsp3) is 0.875. The molecule has 0 heterocycles. The number of esters is 2. The molecule has 0 rings (SSSR count). The second-order valence-corrected chi connectivity index (χ2v) is 7.88. The molecule has 0 aromatic rings. The molecule has 33 heavy (non-hydrogen) atoms. The Morgan fingerprint density at radius 1 is 0.576 bits per heavy atom. The third-order valence-electron chi connectivity index (χ3n) is 4.27. The number of aliphatic carboxylic acids is 1. The predicted octanol–water partition coefficient (Wildman–Crippen LogP) is 3.60. The van der Waals surface area contributed by atoms with Crippen molar-refractivity contribution in [2.45, 2.75) is 124 Å². The molecule has 9 nitrogen and oxygen atoms in total. The van der Waals surface area contributed by atoms with Gasteiger partial charge in [0.25, 0.3) is 0 Å². The average molecular weight is 481 g/mol. The minimum absolute atomic E-state index is 0.438. The van der Waals surface area contributed by atoms with Gasteiger partial charge in [0.05, 0.1) is 13.2 Å². The van der Waals surface area contributed by atoms with Crippen molar-refractivity contribution in [3.8, 4) is 0 Å². The third kappa shape index (κ3) is 32.6. The normalized spacial score (nSPS) is 12.7. The van der Waals surface area contributed by atoms with Gasteiger partial charge in [-0.1, -0.05) is 71.6 Å². The highest BCUT2D eigenvalue weighted by Crippen LogP contribution is 2.05. The minimum atomic E-state index is -1.23. The van der Waals surface area contributed by atoms with Gasteiger partial charge in [0.2, 0.25) is 0 Å². The van der Waals surface area contributed by atoms with E-state index in [0.29, 0.717) is 13.2 Å². The fourth-order valence-corrected chi connectivity index (χ4v) is 2.17. The number of carboxylic acid groups (broad SMARTS) is 1. The lowest BCUT2D eigenvalue weighted by atomic mass is 10.1. The largest absolute Gasteiger partial charge is 0.479 e. The molecular formula is C24H48O9. The van der Waals surface area contributed by atoms with Crippen molar-refractivity contribution in [3.05, 3.63) is 0 Å². The molecular weight excluding hydrogens is 432 g/mol. The molecule has 0 bridgehead atoms. The first-order valence-electron chi connectivity index (χ1n) is 12.1. The summed E-state index contributed by atoms with van der Waals surface area (Å²) in [5.74, 6) is -2.22. The number of aliphatic hydroxyl groups excluding tert-OH is 3. The van der Waals surface area contributed by atoms with Gasteiger partial charge >= 0.3 is 17.9 Å². The highest BCUT2D eigenvalue weighted by Gasteiger charge is 2.09. The zero-order valence-electron chi connectivity index (χ0n) is 21.3. The Kier molecular flexibility index (Phi) is 28.9. The number of aliphatic hydroxyl groups is 3. The Hall–Kier alpha value is -1.71. The lowest BCUT2D eigenvalue weighted by molar-refractivity contribution is -0.153. The van der Waals surface area contributed by atoms with Crippen LogP contribution in [-0.4, -0.2) is 69.9 Å². The van der Waals surface area contributed by atoms with Crippen LogP contribution in [0.3, 0.4) is 0 Å². The molecule has 0 aromatic heterocycles. The number of unbranched alkanes of at least 4 members (excludes halogenated alkanes) is 9. The molecule has 3 atom stereocenters. The minimum Gasteiger partial charge on any atom is -0.479 e. The molecule has 0 aliphatic carbocycles. The summed E-state index contributed by atoms with van der Waals surface area (Å²) in [6.45, 7) is 9.26. The van der Waals surface area contributed by atoms with Crippen molar-refractivity contribution in [2.75, 3.05) is 13.2 Å². The lowest BCUT2D eigenvalue weighted by Crippen LogP contribution is -2.19. The summed E-state index contributed by atoms with van der Waals surface area (Å²) in [5, 5.41) is 33.4. The molecule has 0 aliphatic heterocycles. The Morgan fingerprint density at radius 3 is 1.09 bits per heavy atom. The Morgan fingerprint density at radius 2 is 0.848 bits per heavy atom. The van der Waals surface area contributed by atoms with E-state index in [0.717, 1.165) is 25.7 Å². The summed E-state index contributed by atoms with van der Waals surface area (Å²) in [7, 11) is 0. The Bertz CT molecular complexity index is 463. The van der Waals surface area contributed by atoms with E-state index in [1.807, 2.05) is 0 Å². The van der Waals surface area contributed by atoms with Crippen LogP contribution in [0.15, 0.2) is 0 Å². The van der Waals surface area contributed by atoms with Crippen molar-refractivity contribution in [1.82, 2.24) is 0 Å². The number of ether oxygens (including phenoxy) is 2.